The summed E-state index contributed by atoms with van der Waals surface area (Å²) in [6.45, 7) is 7.97. The molecule has 1 aromatic heterocycles. The van der Waals surface area contributed by atoms with Crippen molar-refractivity contribution >= 4 is 5.97 Å². The fourth-order valence-corrected chi connectivity index (χ4v) is 3.43. The number of benzene rings is 1. The van der Waals surface area contributed by atoms with Crippen LogP contribution < -0.4 is 4.74 Å². The smallest absolute Gasteiger partial charge is 0.331 e. The minimum Gasteiger partial charge on any atom is -0.425 e. The summed E-state index contributed by atoms with van der Waals surface area (Å²) in [6.07, 6.45) is 9.42. The van der Waals surface area contributed by atoms with Gasteiger partial charge in [0.1, 0.15) is 5.75 Å². The molecule has 2 atom stereocenters. The van der Waals surface area contributed by atoms with Crippen molar-refractivity contribution in [2.75, 3.05) is 0 Å². The first-order chi connectivity index (χ1) is 14.4. The van der Waals surface area contributed by atoms with Gasteiger partial charge in [-0.2, -0.15) is 5.26 Å². The summed E-state index contributed by atoms with van der Waals surface area (Å²) in [4.78, 5) is 17.2. The molecule has 160 valence electrons. The number of carbonyl (C=O) groups is 1. The van der Waals surface area contributed by atoms with Crippen molar-refractivity contribution in [2.45, 2.75) is 72.6 Å². The van der Waals surface area contributed by atoms with Crippen LogP contribution in [0, 0.1) is 22.7 Å². The molecule has 0 aliphatic heterocycles. The topological polar surface area (TPSA) is 63.0 Å². The second kappa shape index (κ2) is 11.5. The largest absolute Gasteiger partial charge is 0.425 e. The first-order valence-electron chi connectivity index (χ1n) is 11.1. The van der Waals surface area contributed by atoms with Gasteiger partial charge in [-0.05, 0) is 68.0 Å². The summed E-state index contributed by atoms with van der Waals surface area (Å²) >= 11 is 0. The van der Waals surface area contributed by atoms with Gasteiger partial charge in [-0.25, -0.2) is 4.79 Å². The van der Waals surface area contributed by atoms with Crippen molar-refractivity contribution in [3.63, 3.8) is 0 Å². The summed E-state index contributed by atoms with van der Waals surface area (Å²) in [5.74, 6) is 0.232. The van der Waals surface area contributed by atoms with Crippen LogP contribution in [0.2, 0.25) is 0 Å². The van der Waals surface area contributed by atoms with Crippen LogP contribution in [0.15, 0.2) is 42.6 Å². The molecular weight excluding hydrogens is 372 g/mol. The Morgan fingerprint density at radius 3 is 2.43 bits per heavy atom. The fourth-order valence-electron chi connectivity index (χ4n) is 3.43. The molecular formula is C26H34N2O2. The zero-order chi connectivity index (χ0) is 22.0. The molecule has 0 fully saturated rings. The van der Waals surface area contributed by atoms with Gasteiger partial charge < -0.3 is 4.74 Å². The lowest BCUT2D eigenvalue weighted by atomic mass is 9.82. The number of ether oxygens (including phenoxy) is 1. The third kappa shape index (κ3) is 6.69. The highest BCUT2D eigenvalue weighted by atomic mass is 16.5. The minimum atomic E-state index is -1.14. The lowest BCUT2D eigenvalue weighted by Crippen LogP contribution is -2.32. The summed E-state index contributed by atoms with van der Waals surface area (Å²) in [7, 11) is 0. The van der Waals surface area contributed by atoms with Gasteiger partial charge in [0.05, 0.1) is 11.8 Å². The molecule has 0 bridgehead atoms. The molecule has 30 heavy (non-hydrogen) atoms. The molecule has 0 aliphatic carbocycles. The second-order valence-corrected chi connectivity index (χ2v) is 8.44. The number of aromatic nitrogens is 1. The zero-order valence-electron chi connectivity index (χ0n) is 18.8. The second-order valence-electron chi connectivity index (χ2n) is 8.44. The van der Waals surface area contributed by atoms with Crippen molar-refractivity contribution < 1.29 is 9.53 Å². The van der Waals surface area contributed by atoms with Crippen LogP contribution in [-0.4, -0.2) is 11.0 Å². The third-order valence-electron chi connectivity index (χ3n) is 5.66. The van der Waals surface area contributed by atoms with Gasteiger partial charge in [-0.1, -0.05) is 52.5 Å². The van der Waals surface area contributed by atoms with E-state index in [1.807, 2.05) is 31.3 Å². The average Bonchev–Trinajstić information content (AvgIpc) is 2.77. The number of rotatable bonds is 11. The SMILES string of the molecule is CCCCCCc1ccc(-c2ccc(OC(=O)C(C)(C#N)CC(C)CC)cc2)nc1. The Morgan fingerprint density at radius 2 is 1.87 bits per heavy atom. The van der Waals surface area contributed by atoms with Gasteiger partial charge in [0, 0.05) is 11.8 Å². The first-order valence-corrected chi connectivity index (χ1v) is 11.1. The summed E-state index contributed by atoms with van der Waals surface area (Å²) in [5.41, 5.74) is 1.99. The van der Waals surface area contributed by atoms with Crippen molar-refractivity contribution in [3.8, 4) is 23.1 Å². The summed E-state index contributed by atoms with van der Waals surface area (Å²) in [6, 6.07) is 13.6. The number of carbonyl (C=O) groups excluding carboxylic acids is 1. The quantitative estimate of drug-likeness (QED) is 0.235. The Balaban J connectivity index is 1.99. The predicted molar refractivity (Wildman–Crippen MR) is 121 cm³/mol. The molecule has 0 aliphatic rings. The van der Waals surface area contributed by atoms with Gasteiger partial charge >= 0.3 is 5.97 Å². The number of hydrogen-bond donors (Lipinski definition) is 0. The molecule has 0 saturated heterocycles. The van der Waals surface area contributed by atoms with Crippen LogP contribution in [0.3, 0.4) is 0 Å². The highest BCUT2D eigenvalue weighted by molar-refractivity contribution is 5.81. The highest BCUT2D eigenvalue weighted by Crippen LogP contribution is 2.30. The monoisotopic (exact) mass is 406 g/mol. The number of unbranched alkanes of at least 4 members (excludes halogenated alkanes) is 3. The molecule has 4 nitrogen and oxygen atoms in total. The first kappa shape index (κ1) is 23.6. The van der Waals surface area contributed by atoms with Gasteiger partial charge in [-0.15, -0.1) is 0 Å². The number of pyridine rings is 1. The van der Waals surface area contributed by atoms with Gasteiger partial charge in [0.2, 0.25) is 0 Å². The Kier molecular flexibility index (Phi) is 9.05. The van der Waals surface area contributed by atoms with E-state index >= 15 is 0 Å². The van der Waals surface area contributed by atoms with Crippen LogP contribution in [0.25, 0.3) is 11.3 Å². The van der Waals surface area contributed by atoms with Crippen molar-refractivity contribution in [2.24, 2.45) is 11.3 Å². The number of aryl methyl sites for hydroxylation is 1. The summed E-state index contributed by atoms with van der Waals surface area (Å²) < 4.78 is 5.51. The standard InChI is InChI=1S/C26H34N2O2/c1-5-7-8-9-10-21-11-16-24(28-18-21)22-12-14-23(15-13-22)30-25(29)26(4,19-27)17-20(3)6-2/h11-16,18,20H,5-10,17H2,1-4H3. The van der Waals surface area contributed by atoms with Gasteiger partial charge in [-0.3, -0.25) is 4.98 Å². The average molecular weight is 407 g/mol. The number of nitriles is 1. The van der Waals surface area contributed by atoms with E-state index in [1.54, 1.807) is 19.1 Å². The molecule has 2 unspecified atom stereocenters. The maximum atomic E-state index is 12.6. The van der Waals surface area contributed by atoms with Crippen LogP contribution >= 0.6 is 0 Å². The van der Waals surface area contributed by atoms with E-state index in [4.69, 9.17) is 4.74 Å². The lowest BCUT2D eigenvalue weighted by Gasteiger charge is -2.22. The lowest BCUT2D eigenvalue weighted by molar-refractivity contribution is -0.142. The fraction of sp³-hybridized carbons (Fsp3) is 0.500. The van der Waals surface area contributed by atoms with E-state index < -0.39 is 11.4 Å². The molecule has 0 radical (unpaired) electrons. The normalized spacial score (nSPS) is 13.8. The number of nitrogens with zero attached hydrogens (tertiary/aromatic N) is 2. The van der Waals surface area contributed by atoms with Crippen molar-refractivity contribution in [3.05, 3.63) is 48.2 Å². The van der Waals surface area contributed by atoms with Gasteiger partial charge in [0.15, 0.2) is 5.41 Å². The van der Waals surface area contributed by atoms with Crippen LogP contribution in [0.5, 0.6) is 5.75 Å². The van der Waals surface area contributed by atoms with E-state index in [0.717, 1.165) is 24.1 Å². The molecule has 0 N–H and O–H groups in total. The minimum absolute atomic E-state index is 0.283. The Hall–Kier alpha value is -2.67. The molecule has 0 saturated carbocycles. The van der Waals surface area contributed by atoms with Crippen LogP contribution in [0.4, 0.5) is 0 Å². The molecule has 1 aromatic carbocycles. The number of esters is 1. The molecule has 4 heteroatoms. The predicted octanol–water partition coefficient (Wildman–Crippen LogP) is 6.74. The van der Waals surface area contributed by atoms with Gasteiger partial charge in [0.25, 0.3) is 0 Å². The van der Waals surface area contributed by atoms with E-state index in [1.165, 1.54) is 31.2 Å². The van der Waals surface area contributed by atoms with E-state index in [-0.39, 0.29) is 5.92 Å². The Labute approximate surface area is 181 Å². The number of hydrogen-bond acceptors (Lipinski definition) is 4. The Bertz CT molecular complexity index is 837. The Morgan fingerprint density at radius 1 is 1.13 bits per heavy atom. The molecule has 1 heterocycles. The van der Waals surface area contributed by atoms with Crippen LogP contribution in [0.1, 0.15) is 71.8 Å². The van der Waals surface area contributed by atoms with E-state index in [9.17, 15) is 10.1 Å². The summed E-state index contributed by atoms with van der Waals surface area (Å²) in [5, 5.41) is 9.51. The maximum Gasteiger partial charge on any atom is 0.331 e. The zero-order valence-corrected chi connectivity index (χ0v) is 18.8. The van der Waals surface area contributed by atoms with Crippen molar-refractivity contribution in [1.82, 2.24) is 4.98 Å². The van der Waals surface area contributed by atoms with E-state index in [2.05, 4.69) is 31.0 Å². The van der Waals surface area contributed by atoms with E-state index in [0.29, 0.717) is 12.2 Å². The highest BCUT2D eigenvalue weighted by Gasteiger charge is 2.36. The third-order valence-corrected chi connectivity index (χ3v) is 5.66. The molecule has 0 amide bonds. The maximum absolute atomic E-state index is 12.6. The molecule has 2 rings (SSSR count). The molecule has 0 spiro atoms. The van der Waals surface area contributed by atoms with Crippen LogP contribution in [-0.2, 0) is 11.2 Å². The molecule has 2 aromatic rings. The van der Waals surface area contributed by atoms with Crippen molar-refractivity contribution in [1.29, 1.82) is 5.26 Å².